The highest BCUT2D eigenvalue weighted by Gasteiger charge is 2.09. The fourth-order valence-electron chi connectivity index (χ4n) is 1.34. The van der Waals surface area contributed by atoms with E-state index in [-0.39, 0.29) is 11.8 Å². The fourth-order valence-corrected chi connectivity index (χ4v) is 2.72. The maximum atomic E-state index is 10.7. The molecular weight excluding hydrogens is 244 g/mol. The van der Waals surface area contributed by atoms with Crippen molar-refractivity contribution < 1.29 is 8.42 Å². The van der Waals surface area contributed by atoms with Crippen molar-refractivity contribution >= 4 is 21.4 Å². The van der Waals surface area contributed by atoms with Gasteiger partial charge in [0, 0.05) is 22.3 Å². The lowest BCUT2D eigenvalue weighted by Gasteiger charge is -2.11. The summed E-state index contributed by atoms with van der Waals surface area (Å²) in [6, 6.07) is 4.36. The van der Waals surface area contributed by atoms with E-state index in [9.17, 15) is 8.42 Å². The second-order valence-corrected chi connectivity index (χ2v) is 6.63. The van der Waals surface area contributed by atoms with E-state index in [1.54, 1.807) is 11.3 Å². The van der Waals surface area contributed by atoms with Gasteiger partial charge in [-0.25, -0.2) is 13.6 Å². The summed E-state index contributed by atoms with van der Waals surface area (Å²) >= 11 is 1.76. The molecule has 3 N–H and O–H groups in total. The molecule has 16 heavy (non-hydrogen) atoms. The third-order valence-corrected chi connectivity index (χ3v) is 4.48. The molecule has 0 radical (unpaired) electrons. The molecular formula is C10H18N2O2S2. The van der Waals surface area contributed by atoms with Crippen molar-refractivity contribution in [2.45, 2.75) is 26.3 Å². The second-order valence-electron chi connectivity index (χ2n) is 3.70. The Morgan fingerprint density at radius 1 is 1.50 bits per heavy atom. The van der Waals surface area contributed by atoms with E-state index in [0.717, 1.165) is 6.42 Å². The zero-order valence-electron chi connectivity index (χ0n) is 9.56. The average molecular weight is 262 g/mol. The summed E-state index contributed by atoms with van der Waals surface area (Å²) in [6.07, 6.45) is 1.04. The van der Waals surface area contributed by atoms with E-state index < -0.39 is 10.0 Å². The topological polar surface area (TPSA) is 72.2 Å². The van der Waals surface area contributed by atoms with Gasteiger partial charge in [-0.3, -0.25) is 0 Å². The summed E-state index contributed by atoms with van der Waals surface area (Å²) in [6.45, 7) is 4.53. The van der Waals surface area contributed by atoms with Gasteiger partial charge in [0.15, 0.2) is 0 Å². The highest BCUT2D eigenvalue weighted by atomic mass is 32.2. The van der Waals surface area contributed by atoms with Crippen LogP contribution in [0.5, 0.6) is 0 Å². The maximum Gasteiger partial charge on any atom is 0.210 e. The molecule has 0 spiro atoms. The van der Waals surface area contributed by atoms with E-state index in [4.69, 9.17) is 5.14 Å². The van der Waals surface area contributed by atoms with Crippen molar-refractivity contribution in [2.75, 3.05) is 12.3 Å². The number of rotatable bonds is 6. The molecule has 0 fully saturated rings. The van der Waals surface area contributed by atoms with E-state index in [1.807, 2.05) is 6.92 Å². The Balaban J connectivity index is 2.43. The van der Waals surface area contributed by atoms with Gasteiger partial charge >= 0.3 is 0 Å². The van der Waals surface area contributed by atoms with Gasteiger partial charge in [-0.15, -0.1) is 11.3 Å². The SMILES string of the molecule is CCc1ccc(C(C)NCCS(N)(=O)=O)s1. The number of thiophene rings is 1. The number of sulfonamides is 1. The predicted octanol–water partition coefficient (Wildman–Crippen LogP) is 1.25. The van der Waals surface area contributed by atoms with Gasteiger partial charge in [-0.1, -0.05) is 6.92 Å². The first-order valence-electron chi connectivity index (χ1n) is 5.25. The van der Waals surface area contributed by atoms with Crippen LogP contribution in [0.4, 0.5) is 0 Å². The first-order valence-corrected chi connectivity index (χ1v) is 7.78. The highest BCUT2D eigenvalue weighted by Crippen LogP contribution is 2.23. The first-order chi connectivity index (χ1) is 7.42. The van der Waals surface area contributed by atoms with Crippen LogP contribution in [0.1, 0.15) is 29.6 Å². The van der Waals surface area contributed by atoms with Crippen LogP contribution < -0.4 is 10.5 Å². The molecule has 6 heteroatoms. The van der Waals surface area contributed by atoms with Crippen molar-refractivity contribution in [2.24, 2.45) is 5.14 Å². The number of nitrogens with two attached hydrogens (primary N) is 1. The van der Waals surface area contributed by atoms with E-state index in [0.29, 0.717) is 6.54 Å². The standard InChI is InChI=1S/C10H18N2O2S2/c1-3-9-4-5-10(15-9)8(2)12-6-7-16(11,13)14/h4-5,8,12H,3,6-7H2,1-2H3,(H2,11,13,14). The third-order valence-electron chi connectivity index (χ3n) is 2.29. The van der Waals surface area contributed by atoms with Crippen LogP contribution in [0.3, 0.4) is 0 Å². The van der Waals surface area contributed by atoms with Crippen molar-refractivity contribution in [3.05, 3.63) is 21.9 Å². The van der Waals surface area contributed by atoms with Gasteiger partial charge in [0.05, 0.1) is 5.75 Å². The molecule has 1 aromatic heterocycles. The van der Waals surface area contributed by atoms with Gasteiger partial charge in [-0.2, -0.15) is 0 Å². The van der Waals surface area contributed by atoms with Crippen molar-refractivity contribution in [3.8, 4) is 0 Å². The monoisotopic (exact) mass is 262 g/mol. The molecule has 0 aliphatic carbocycles. The molecule has 1 aromatic rings. The molecule has 0 bridgehead atoms. The Hall–Kier alpha value is -0.430. The summed E-state index contributed by atoms with van der Waals surface area (Å²) in [5.41, 5.74) is 0. The second kappa shape index (κ2) is 5.77. The minimum Gasteiger partial charge on any atom is -0.308 e. The lowest BCUT2D eigenvalue weighted by molar-refractivity contribution is 0.577. The van der Waals surface area contributed by atoms with Crippen LogP contribution >= 0.6 is 11.3 Å². The van der Waals surface area contributed by atoms with Crippen molar-refractivity contribution in [1.82, 2.24) is 5.32 Å². The number of hydrogen-bond donors (Lipinski definition) is 2. The summed E-state index contributed by atoms with van der Waals surface area (Å²) in [7, 11) is -3.36. The van der Waals surface area contributed by atoms with Crippen LogP contribution in [0.2, 0.25) is 0 Å². The van der Waals surface area contributed by atoms with Crippen LogP contribution in [-0.2, 0) is 16.4 Å². The quantitative estimate of drug-likeness (QED) is 0.810. The van der Waals surface area contributed by atoms with Gasteiger partial charge < -0.3 is 5.32 Å². The zero-order chi connectivity index (χ0) is 12.2. The minimum absolute atomic E-state index is 0.0245. The third kappa shape index (κ3) is 4.61. The number of aryl methyl sites for hydroxylation is 1. The molecule has 0 aliphatic rings. The molecule has 0 saturated carbocycles. The molecule has 1 unspecified atom stereocenters. The minimum atomic E-state index is -3.36. The summed E-state index contributed by atoms with van der Waals surface area (Å²) in [5, 5.41) is 8.06. The first kappa shape index (κ1) is 13.6. The van der Waals surface area contributed by atoms with Crippen LogP contribution in [0.25, 0.3) is 0 Å². The van der Waals surface area contributed by atoms with Crippen LogP contribution in [0.15, 0.2) is 12.1 Å². The van der Waals surface area contributed by atoms with Crippen molar-refractivity contribution in [1.29, 1.82) is 0 Å². The van der Waals surface area contributed by atoms with Gasteiger partial charge in [0.1, 0.15) is 0 Å². The van der Waals surface area contributed by atoms with E-state index in [1.165, 1.54) is 9.75 Å². The predicted molar refractivity (Wildman–Crippen MR) is 68.1 cm³/mol. The lowest BCUT2D eigenvalue weighted by Crippen LogP contribution is -2.28. The Morgan fingerprint density at radius 2 is 2.19 bits per heavy atom. The van der Waals surface area contributed by atoms with Crippen LogP contribution in [-0.4, -0.2) is 20.7 Å². The highest BCUT2D eigenvalue weighted by molar-refractivity contribution is 7.89. The largest absolute Gasteiger partial charge is 0.308 e. The summed E-state index contributed by atoms with van der Waals surface area (Å²) in [5.74, 6) is -0.0245. The smallest absolute Gasteiger partial charge is 0.210 e. The molecule has 0 amide bonds. The van der Waals surface area contributed by atoms with Gasteiger partial charge in [-0.05, 0) is 25.5 Å². The summed E-state index contributed by atoms with van der Waals surface area (Å²) < 4.78 is 21.5. The molecule has 0 aliphatic heterocycles. The lowest BCUT2D eigenvalue weighted by atomic mass is 10.2. The molecule has 1 rings (SSSR count). The number of nitrogens with one attached hydrogen (secondary N) is 1. The Labute approximate surface area is 101 Å². The Morgan fingerprint density at radius 3 is 2.69 bits per heavy atom. The van der Waals surface area contributed by atoms with Gasteiger partial charge in [0.2, 0.25) is 10.0 Å². The zero-order valence-corrected chi connectivity index (χ0v) is 11.2. The van der Waals surface area contributed by atoms with E-state index in [2.05, 4.69) is 24.4 Å². The maximum absolute atomic E-state index is 10.7. The molecule has 92 valence electrons. The Bertz CT molecular complexity index is 426. The molecule has 1 atom stereocenters. The van der Waals surface area contributed by atoms with Crippen molar-refractivity contribution in [3.63, 3.8) is 0 Å². The molecule has 4 nitrogen and oxygen atoms in total. The summed E-state index contributed by atoms with van der Waals surface area (Å²) in [4.78, 5) is 2.57. The Kier molecular flexibility index (Phi) is 4.91. The molecule has 0 saturated heterocycles. The van der Waals surface area contributed by atoms with E-state index >= 15 is 0 Å². The molecule has 0 aromatic carbocycles. The normalized spacial score (nSPS) is 13.9. The number of primary sulfonamides is 1. The number of hydrogen-bond acceptors (Lipinski definition) is 4. The van der Waals surface area contributed by atoms with Crippen LogP contribution in [0, 0.1) is 0 Å². The van der Waals surface area contributed by atoms with Gasteiger partial charge in [0.25, 0.3) is 0 Å². The average Bonchev–Trinajstić information content (AvgIpc) is 2.63. The fraction of sp³-hybridized carbons (Fsp3) is 0.600. The molecule has 1 heterocycles.